The van der Waals surface area contributed by atoms with Gasteiger partial charge in [-0.15, -0.1) is 0 Å². The Hall–Kier alpha value is -1.58. The van der Waals surface area contributed by atoms with Crippen LogP contribution in [0.25, 0.3) is 0 Å². The highest BCUT2D eigenvalue weighted by Gasteiger charge is 2.02. The third kappa shape index (κ3) is 1.72. The topological polar surface area (TPSA) is 64.4 Å². The first-order valence-electron chi connectivity index (χ1n) is 3.46. The normalized spacial score (nSPS) is 9.50. The Morgan fingerprint density at radius 3 is 2.58 bits per heavy atom. The van der Waals surface area contributed by atoms with Crippen molar-refractivity contribution in [3.63, 3.8) is 0 Å². The molecule has 1 aromatic carbocycles. The van der Waals surface area contributed by atoms with Gasteiger partial charge >= 0.3 is 0 Å². The largest absolute Gasteiger partial charge is 0.370 e. The molecule has 0 radical (unpaired) electrons. The number of rotatable bonds is 1. The van der Waals surface area contributed by atoms with Crippen molar-refractivity contribution < 1.29 is 4.39 Å². The summed E-state index contributed by atoms with van der Waals surface area (Å²) in [6.45, 7) is 1.74. The minimum atomic E-state index is -0.414. The number of hydrogen-bond donors (Lipinski definition) is 2. The smallest absolute Gasteiger partial charge is 0.191 e. The zero-order valence-corrected chi connectivity index (χ0v) is 6.71. The molecule has 0 bridgehead atoms. The predicted octanol–water partition coefficient (Wildman–Crippen LogP) is 1.04. The van der Waals surface area contributed by atoms with Crippen molar-refractivity contribution in [2.75, 3.05) is 0 Å². The summed E-state index contributed by atoms with van der Waals surface area (Å²) in [5, 5.41) is 0. The highest BCUT2D eigenvalue weighted by atomic mass is 19.1. The Morgan fingerprint density at radius 2 is 2.08 bits per heavy atom. The zero-order valence-electron chi connectivity index (χ0n) is 6.71. The molecule has 4 N–H and O–H groups in total. The second-order valence-corrected chi connectivity index (χ2v) is 2.44. The number of nitrogens with zero attached hydrogens (tertiary/aromatic N) is 1. The molecule has 64 valence electrons. The van der Waals surface area contributed by atoms with Crippen molar-refractivity contribution in [3.05, 3.63) is 29.6 Å². The first-order chi connectivity index (χ1) is 5.61. The number of aliphatic imine (C=N–C) groups is 1. The molecule has 0 unspecified atom stereocenters. The summed E-state index contributed by atoms with van der Waals surface area (Å²) in [5.41, 5.74) is 11.2. The summed E-state index contributed by atoms with van der Waals surface area (Å²) in [6.07, 6.45) is 0. The first kappa shape index (κ1) is 8.52. The molecule has 1 aromatic rings. The number of guanidine groups is 1. The standard InChI is InChI=1S/C8H10FN3/c1-5-3-2-4-6(9)7(5)12-8(10)11/h2-4H,1H3,(H4,10,11,12). The van der Waals surface area contributed by atoms with Crippen molar-refractivity contribution >= 4 is 11.6 Å². The van der Waals surface area contributed by atoms with Gasteiger partial charge < -0.3 is 11.5 Å². The van der Waals surface area contributed by atoms with Crippen LogP contribution in [0.3, 0.4) is 0 Å². The Balaban J connectivity index is 3.22. The van der Waals surface area contributed by atoms with Crippen molar-refractivity contribution in [3.8, 4) is 0 Å². The fraction of sp³-hybridized carbons (Fsp3) is 0.125. The van der Waals surface area contributed by atoms with Crippen LogP contribution >= 0.6 is 0 Å². The highest BCUT2D eigenvalue weighted by Crippen LogP contribution is 2.21. The van der Waals surface area contributed by atoms with Crippen molar-refractivity contribution in [1.82, 2.24) is 0 Å². The van der Waals surface area contributed by atoms with Gasteiger partial charge in [0.1, 0.15) is 11.5 Å². The van der Waals surface area contributed by atoms with E-state index >= 15 is 0 Å². The highest BCUT2D eigenvalue weighted by molar-refractivity contribution is 5.79. The third-order valence-corrected chi connectivity index (χ3v) is 1.43. The van der Waals surface area contributed by atoms with Gasteiger partial charge in [-0.25, -0.2) is 9.38 Å². The second kappa shape index (κ2) is 3.21. The van der Waals surface area contributed by atoms with E-state index in [1.807, 2.05) is 0 Å². The number of halogens is 1. The minimum absolute atomic E-state index is 0.136. The average molecular weight is 167 g/mol. The molecular weight excluding hydrogens is 157 g/mol. The molecule has 0 heterocycles. The molecule has 12 heavy (non-hydrogen) atoms. The molecule has 4 heteroatoms. The lowest BCUT2D eigenvalue weighted by molar-refractivity contribution is 0.629. The molecular formula is C8H10FN3. The first-order valence-corrected chi connectivity index (χ1v) is 3.46. The summed E-state index contributed by atoms with van der Waals surface area (Å²) in [4.78, 5) is 3.66. The van der Waals surface area contributed by atoms with Gasteiger partial charge in [-0.3, -0.25) is 0 Å². The molecule has 0 aliphatic carbocycles. The van der Waals surface area contributed by atoms with Gasteiger partial charge in [0.05, 0.1) is 0 Å². The molecule has 0 spiro atoms. The van der Waals surface area contributed by atoms with Gasteiger partial charge in [-0.2, -0.15) is 0 Å². The van der Waals surface area contributed by atoms with E-state index in [0.29, 0.717) is 5.56 Å². The van der Waals surface area contributed by atoms with Gasteiger partial charge in [0.15, 0.2) is 5.96 Å². The van der Waals surface area contributed by atoms with Crippen LogP contribution in [0.4, 0.5) is 10.1 Å². The maximum Gasteiger partial charge on any atom is 0.191 e. The Bertz CT molecular complexity index is 296. The van der Waals surface area contributed by atoms with E-state index in [1.54, 1.807) is 19.1 Å². The van der Waals surface area contributed by atoms with E-state index in [0.717, 1.165) is 0 Å². The molecule has 0 saturated carbocycles. The van der Waals surface area contributed by atoms with Gasteiger partial charge in [-0.05, 0) is 18.6 Å². The fourth-order valence-corrected chi connectivity index (χ4v) is 0.894. The Labute approximate surface area is 69.9 Å². The molecule has 0 aromatic heterocycles. The monoisotopic (exact) mass is 167 g/mol. The molecule has 0 atom stereocenters. The molecule has 3 nitrogen and oxygen atoms in total. The molecule has 0 aliphatic rings. The van der Waals surface area contributed by atoms with Crippen LogP contribution in [0.5, 0.6) is 0 Å². The van der Waals surface area contributed by atoms with Crippen LogP contribution in [0, 0.1) is 12.7 Å². The molecule has 0 saturated heterocycles. The minimum Gasteiger partial charge on any atom is -0.370 e. The van der Waals surface area contributed by atoms with E-state index in [2.05, 4.69) is 4.99 Å². The molecule has 1 rings (SSSR count). The summed E-state index contributed by atoms with van der Waals surface area (Å²) >= 11 is 0. The van der Waals surface area contributed by atoms with Gasteiger partial charge in [-0.1, -0.05) is 12.1 Å². The van der Waals surface area contributed by atoms with Gasteiger partial charge in [0.2, 0.25) is 0 Å². The van der Waals surface area contributed by atoms with E-state index in [9.17, 15) is 4.39 Å². The van der Waals surface area contributed by atoms with Gasteiger partial charge in [0, 0.05) is 0 Å². The number of hydrogen-bond acceptors (Lipinski definition) is 1. The average Bonchev–Trinajstić information content (AvgIpc) is 1.97. The molecule has 0 fully saturated rings. The lowest BCUT2D eigenvalue weighted by Crippen LogP contribution is -2.22. The predicted molar refractivity (Wildman–Crippen MR) is 46.6 cm³/mol. The molecule has 0 amide bonds. The van der Waals surface area contributed by atoms with Crippen LogP contribution in [0.2, 0.25) is 0 Å². The second-order valence-electron chi connectivity index (χ2n) is 2.44. The maximum absolute atomic E-state index is 13.0. The summed E-state index contributed by atoms with van der Waals surface area (Å²) in [7, 11) is 0. The van der Waals surface area contributed by atoms with E-state index in [1.165, 1.54) is 6.07 Å². The lowest BCUT2D eigenvalue weighted by Gasteiger charge is -2.00. The van der Waals surface area contributed by atoms with Crippen LogP contribution < -0.4 is 11.5 Å². The van der Waals surface area contributed by atoms with Crippen LogP contribution in [0.15, 0.2) is 23.2 Å². The third-order valence-electron chi connectivity index (χ3n) is 1.43. The number of nitrogens with two attached hydrogens (primary N) is 2. The summed E-state index contributed by atoms with van der Waals surface area (Å²) < 4.78 is 13.0. The van der Waals surface area contributed by atoms with Gasteiger partial charge in [0.25, 0.3) is 0 Å². The Morgan fingerprint density at radius 1 is 1.42 bits per heavy atom. The summed E-state index contributed by atoms with van der Waals surface area (Å²) in [6, 6.07) is 4.66. The SMILES string of the molecule is Cc1cccc(F)c1N=C(N)N. The lowest BCUT2D eigenvalue weighted by atomic mass is 10.2. The zero-order chi connectivity index (χ0) is 9.14. The summed E-state index contributed by atoms with van der Waals surface area (Å²) in [5.74, 6) is -0.549. The number of benzene rings is 1. The molecule has 0 aliphatic heterocycles. The number of aryl methyl sites for hydroxylation is 1. The van der Waals surface area contributed by atoms with Crippen LogP contribution in [0.1, 0.15) is 5.56 Å². The maximum atomic E-state index is 13.0. The number of para-hydroxylation sites is 1. The van der Waals surface area contributed by atoms with E-state index < -0.39 is 5.82 Å². The van der Waals surface area contributed by atoms with Crippen LogP contribution in [-0.4, -0.2) is 5.96 Å². The quantitative estimate of drug-likeness (QED) is 0.484. The van der Waals surface area contributed by atoms with Crippen molar-refractivity contribution in [1.29, 1.82) is 0 Å². The van der Waals surface area contributed by atoms with E-state index in [4.69, 9.17) is 11.5 Å². The van der Waals surface area contributed by atoms with Crippen molar-refractivity contribution in [2.24, 2.45) is 16.5 Å². The van der Waals surface area contributed by atoms with Crippen molar-refractivity contribution in [2.45, 2.75) is 6.92 Å². The van der Waals surface area contributed by atoms with Crippen LogP contribution in [-0.2, 0) is 0 Å². The Kier molecular flexibility index (Phi) is 2.28. The fourth-order valence-electron chi connectivity index (χ4n) is 0.894. The van der Waals surface area contributed by atoms with E-state index in [-0.39, 0.29) is 11.6 Å².